The lowest BCUT2D eigenvalue weighted by Gasteiger charge is -2.38. The van der Waals surface area contributed by atoms with Gasteiger partial charge in [-0.05, 0) is 50.8 Å². The van der Waals surface area contributed by atoms with Crippen molar-refractivity contribution < 1.29 is 9.90 Å². The summed E-state index contributed by atoms with van der Waals surface area (Å²) in [7, 11) is 0. The standard InChI is InChI=1S/C18H25NO2/c1-12(2)19(13(3)4)17(11-18(20)21)16-10-9-14-7-5-6-8-15(14)16/h5-8,10,12-13,17H,9,11H2,1-4H3,(H,20,21). The molecule has 21 heavy (non-hydrogen) atoms. The van der Waals surface area contributed by atoms with E-state index in [1.807, 2.05) is 12.1 Å². The Bertz CT molecular complexity index is 538. The van der Waals surface area contributed by atoms with Crippen molar-refractivity contribution in [1.29, 1.82) is 0 Å². The van der Waals surface area contributed by atoms with Gasteiger partial charge in [0, 0.05) is 18.1 Å². The molecule has 0 aromatic heterocycles. The second-order valence-electron chi connectivity index (χ2n) is 6.27. The molecule has 1 unspecified atom stereocenters. The third kappa shape index (κ3) is 3.35. The maximum absolute atomic E-state index is 11.4. The van der Waals surface area contributed by atoms with Gasteiger partial charge in [-0.15, -0.1) is 0 Å². The largest absolute Gasteiger partial charge is 0.481 e. The van der Waals surface area contributed by atoms with Crippen molar-refractivity contribution in [2.24, 2.45) is 0 Å². The average Bonchev–Trinajstić information content (AvgIpc) is 2.80. The minimum atomic E-state index is -0.739. The van der Waals surface area contributed by atoms with E-state index in [1.165, 1.54) is 16.7 Å². The molecule has 1 aliphatic carbocycles. The number of nitrogens with zero attached hydrogens (tertiary/aromatic N) is 1. The van der Waals surface area contributed by atoms with E-state index in [0.29, 0.717) is 12.1 Å². The highest BCUT2D eigenvalue weighted by Crippen LogP contribution is 2.34. The lowest BCUT2D eigenvalue weighted by Crippen LogP contribution is -2.46. The van der Waals surface area contributed by atoms with Gasteiger partial charge < -0.3 is 5.11 Å². The van der Waals surface area contributed by atoms with Gasteiger partial charge in [0.25, 0.3) is 0 Å². The van der Waals surface area contributed by atoms with Gasteiger partial charge >= 0.3 is 5.97 Å². The van der Waals surface area contributed by atoms with Crippen LogP contribution in [-0.2, 0) is 11.2 Å². The van der Waals surface area contributed by atoms with Crippen LogP contribution in [0.4, 0.5) is 0 Å². The van der Waals surface area contributed by atoms with E-state index in [1.54, 1.807) is 0 Å². The fourth-order valence-electron chi connectivity index (χ4n) is 3.48. The van der Waals surface area contributed by atoms with E-state index >= 15 is 0 Å². The topological polar surface area (TPSA) is 40.5 Å². The molecule has 0 spiro atoms. The highest BCUT2D eigenvalue weighted by Gasteiger charge is 2.31. The van der Waals surface area contributed by atoms with Crippen LogP contribution in [0.5, 0.6) is 0 Å². The van der Waals surface area contributed by atoms with E-state index in [-0.39, 0.29) is 12.5 Å². The molecule has 0 amide bonds. The zero-order chi connectivity index (χ0) is 15.6. The third-order valence-corrected chi connectivity index (χ3v) is 4.15. The Hall–Kier alpha value is -1.61. The van der Waals surface area contributed by atoms with E-state index in [2.05, 4.69) is 50.8 Å². The molecule has 1 aliphatic rings. The third-order valence-electron chi connectivity index (χ3n) is 4.15. The second kappa shape index (κ2) is 6.44. The van der Waals surface area contributed by atoms with Crippen LogP contribution in [0.15, 0.2) is 30.3 Å². The molecule has 3 nitrogen and oxygen atoms in total. The van der Waals surface area contributed by atoms with E-state index in [0.717, 1.165) is 6.42 Å². The summed E-state index contributed by atoms with van der Waals surface area (Å²) in [5.41, 5.74) is 3.70. The van der Waals surface area contributed by atoms with Crippen LogP contribution < -0.4 is 0 Å². The number of carboxylic acid groups (broad SMARTS) is 1. The Kier molecular flexibility index (Phi) is 4.84. The molecule has 0 bridgehead atoms. The first-order valence-electron chi connectivity index (χ1n) is 7.69. The Morgan fingerprint density at radius 3 is 2.38 bits per heavy atom. The zero-order valence-electron chi connectivity index (χ0n) is 13.3. The number of fused-ring (bicyclic) bond motifs is 1. The highest BCUT2D eigenvalue weighted by molar-refractivity contribution is 5.80. The van der Waals surface area contributed by atoms with E-state index in [4.69, 9.17) is 0 Å². The summed E-state index contributed by atoms with van der Waals surface area (Å²) in [6, 6.07) is 8.88. The zero-order valence-corrected chi connectivity index (χ0v) is 13.3. The smallest absolute Gasteiger partial charge is 0.305 e. The van der Waals surface area contributed by atoms with Gasteiger partial charge in [-0.2, -0.15) is 0 Å². The molecule has 0 fully saturated rings. The monoisotopic (exact) mass is 287 g/mol. The fraction of sp³-hybridized carbons (Fsp3) is 0.500. The second-order valence-corrected chi connectivity index (χ2v) is 6.27. The molecule has 1 aromatic rings. The molecule has 0 radical (unpaired) electrons. The van der Waals surface area contributed by atoms with Crippen molar-refractivity contribution in [3.8, 4) is 0 Å². The van der Waals surface area contributed by atoms with Crippen molar-refractivity contribution in [1.82, 2.24) is 4.90 Å². The molecule has 114 valence electrons. The van der Waals surface area contributed by atoms with Crippen LogP contribution >= 0.6 is 0 Å². The van der Waals surface area contributed by atoms with Crippen LogP contribution in [0.25, 0.3) is 5.57 Å². The maximum Gasteiger partial charge on any atom is 0.305 e. The summed E-state index contributed by atoms with van der Waals surface area (Å²) in [5.74, 6) is -0.739. The Morgan fingerprint density at radius 2 is 1.81 bits per heavy atom. The highest BCUT2D eigenvalue weighted by atomic mass is 16.4. The molecule has 1 aromatic carbocycles. The number of carboxylic acids is 1. The van der Waals surface area contributed by atoms with Gasteiger partial charge in [-0.25, -0.2) is 0 Å². The lowest BCUT2D eigenvalue weighted by molar-refractivity contribution is -0.138. The van der Waals surface area contributed by atoms with E-state index in [9.17, 15) is 9.90 Å². The first-order valence-corrected chi connectivity index (χ1v) is 7.69. The van der Waals surface area contributed by atoms with Gasteiger partial charge in [-0.3, -0.25) is 9.69 Å². The number of hydrogen-bond donors (Lipinski definition) is 1. The molecule has 0 saturated heterocycles. The summed E-state index contributed by atoms with van der Waals surface area (Å²) in [4.78, 5) is 13.7. The Labute approximate surface area is 127 Å². The molecule has 0 saturated carbocycles. The van der Waals surface area contributed by atoms with Gasteiger partial charge in [0.2, 0.25) is 0 Å². The quantitative estimate of drug-likeness (QED) is 0.869. The number of rotatable bonds is 6. The summed E-state index contributed by atoms with van der Waals surface area (Å²) in [5, 5.41) is 9.35. The molecule has 0 heterocycles. The van der Waals surface area contributed by atoms with Crippen LogP contribution in [-0.4, -0.2) is 34.1 Å². The summed E-state index contributed by atoms with van der Waals surface area (Å²) < 4.78 is 0. The number of carbonyl (C=O) groups is 1. The lowest BCUT2D eigenvalue weighted by atomic mass is 9.94. The van der Waals surface area contributed by atoms with Crippen molar-refractivity contribution >= 4 is 11.5 Å². The van der Waals surface area contributed by atoms with Gasteiger partial charge in [0.05, 0.1) is 6.42 Å². The predicted octanol–water partition coefficient (Wildman–Crippen LogP) is 3.59. The minimum Gasteiger partial charge on any atom is -0.481 e. The van der Waals surface area contributed by atoms with Crippen LogP contribution in [0.3, 0.4) is 0 Å². The average molecular weight is 287 g/mol. The number of allylic oxidation sites excluding steroid dienone is 1. The fourth-order valence-corrected chi connectivity index (χ4v) is 3.48. The van der Waals surface area contributed by atoms with Crippen LogP contribution in [0.1, 0.15) is 45.2 Å². The SMILES string of the molecule is CC(C)N(C(C)C)C(CC(=O)O)C1=CCc2ccccc21. The molecule has 1 N–H and O–H groups in total. The molecular weight excluding hydrogens is 262 g/mol. The Balaban J connectivity index is 2.40. The number of aliphatic carboxylic acids is 1. The van der Waals surface area contributed by atoms with Crippen molar-refractivity contribution in [2.45, 2.75) is 58.7 Å². The molecule has 0 aliphatic heterocycles. The van der Waals surface area contributed by atoms with Crippen LogP contribution in [0.2, 0.25) is 0 Å². The summed E-state index contributed by atoms with van der Waals surface area (Å²) >= 11 is 0. The molecular formula is C18H25NO2. The Morgan fingerprint density at radius 1 is 1.19 bits per heavy atom. The normalized spacial score (nSPS) is 15.5. The van der Waals surface area contributed by atoms with Gasteiger partial charge in [0.15, 0.2) is 0 Å². The molecule has 2 rings (SSSR count). The summed E-state index contributed by atoms with van der Waals surface area (Å²) in [6.07, 6.45) is 3.26. The summed E-state index contributed by atoms with van der Waals surface area (Å²) in [6.45, 7) is 8.54. The van der Waals surface area contributed by atoms with Crippen molar-refractivity contribution in [3.63, 3.8) is 0 Å². The first kappa shape index (κ1) is 15.8. The van der Waals surface area contributed by atoms with Gasteiger partial charge in [0.1, 0.15) is 0 Å². The number of benzene rings is 1. The first-order chi connectivity index (χ1) is 9.91. The number of hydrogen-bond acceptors (Lipinski definition) is 2. The predicted molar refractivity (Wildman–Crippen MR) is 86.3 cm³/mol. The maximum atomic E-state index is 11.4. The van der Waals surface area contributed by atoms with E-state index < -0.39 is 5.97 Å². The minimum absolute atomic E-state index is 0.0638. The van der Waals surface area contributed by atoms with Gasteiger partial charge in [-0.1, -0.05) is 30.3 Å². The van der Waals surface area contributed by atoms with Crippen LogP contribution in [0, 0.1) is 0 Å². The molecule has 3 heteroatoms. The molecule has 1 atom stereocenters. The van der Waals surface area contributed by atoms with Crippen molar-refractivity contribution in [3.05, 3.63) is 41.5 Å². The van der Waals surface area contributed by atoms with Crippen molar-refractivity contribution in [2.75, 3.05) is 0 Å².